The molecule has 0 aliphatic heterocycles. The summed E-state index contributed by atoms with van der Waals surface area (Å²) in [6.45, 7) is 2.76. The maximum absolute atomic E-state index is 4.26. The lowest BCUT2D eigenvalue weighted by Gasteiger charge is -2.08. The fraction of sp³-hybridized carbons (Fsp3) is 0.571. The maximum Gasteiger partial charge on any atom is 0.226 e. The van der Waals surface area contributed by atoms with Crippen LogP contribution in [0.15, 0.2) is 0 Å². The zero-order valence-electron chi connectivity index (χ0n) is 7.72. The lowest BCUT2D eigenvalue weighted by molar-refractivity contribution is 0.900. The highest BCUT2D eigenvalue weighted by molar-refractivity contribution is 9.24. The van der Waals surface area contributed by atoms with Crippen LogP contribution < -0.4 is 5.32 Å². The quantitative estimate of drug-likeness (QED) is 0.683. The number of rotatable bonds is 4. The molecule has 0 saturated carbocycles. The Labute approximate surface area is 122 Å². The molecule has 0 aliphatic rings. The second-order valence-electron chi connectivity index (χ2n) is 2.51. The van der Waals surface area contributed by atoms with Crippen molar-refractivity contribution in [2.75, 3.05) is 11.9 Å². The van der Waals surface area contributed by atoms with Gasteiger partial charge in [0.25, 0.3) is 0 Å². The van der Waals surface area contributed by atoms with Gasteiger partial charge < -0.3 is 5.32 Å². The molecule has 0 fully saturated rings. The van der Waals surface area contributed by atoms with Crippen molar-refractivity contribution >= 4 is 69.7 Å². The molecule has 0 radical (unpaired) electrons. The average molecular weight is 468 g/mol. The minimum absolute atomic E-state index is 0.0806. The van der Waals surface area contributed by atoms with Crippen LogP contribution in [0.3, 0.4) is 0 Å². The molecular weight excluding hydrogens is 460 g/mol. The third-order valence-electron chi connectivity index (χ3n) is 1.40. The van der Waals surface area contributed by atoms with Crippen molar-refractivity contribution in [2.24, 2.45) is 0 Å². The van der Waals surface area contributed by atoms with E-state index in [0.29, 0.717) is 17.6 Å². The number of halogens is 4. The van der Waals surface area contributed by atoms with Crippen LogP contribution >= 0.6 is 63.7 Å². The van der Waals surface area contributed by atoms with Crippen molar-refractivity contribution in [1.29, 1.82) is 0 Å². The molecule has 1 heterocycles. The molecule has 15 heavy (non-hydrogen) atoms. The maximum atomic E-state index is 4.26. The molecule has 1 N–H and O–H groups in total. The predicted octanol–water partition coefficient (Wildman–Crippen LogP) is 3.88. The summed E-state index contributed by atoms with van der Waals surface area (Å²) in [6, 6.07) is 0. The van der Waals surface area contributed by atoms with Gasteiger partial charge in [0.1, 0.15) is 7.47 Å². The highest BCUT2D eigenvalue weighted by Crippen LogP contribution is 2.31. The zero-order valence-corrected chi connectivity index (χ0v) is 14.1. The minimum Gasteiger partial charge on any atom is -0.354 e. The molecule has 4 nitrogen and oxygen atoms in total. The molecule has 0 unspecified atom stereocenters. The topological polar surface area (TPSA) is 50.7 Å². The van der Waals surface area contributed by atoms with E-state index in [-0.39, 0.29) is 7.47 Å². The number of nitrogens with zero attached hydrogens (tertiary/aromatic N) is 3. The van der Waals surface area contributed by atoms with E-state index in [4.69, 9.17) is 0 Å². The number of hydrogen-bond acceptors (Lipinski definition) is 4. The Hall–Kier alpha value is 0.730. The van der Waals surface area contributed by atoms with Crippen molar-refractivity contribution in [2.45, 2.75) is 14.4 Å². The van der Waals surface area contributed by atoms with Gasteiger partial charge in [0.2, 0.25) is 5.95 Å². The number of hydrogen-bond donors (Lipinski definition) is 1. The zero-order chi connectivity index (χ0) is 11.4. The number of anilines is 1. The Morgan fingerprint density at radius 2 is 1.47 bits per heavy atom. The molecule has 0 amide bonds. The van der Waals surface area contributed by atoms with E-state index in [1.807, 2.05) is 6.92 Å². The molecule has 1 aromatic heterocycles. The molecule has 84 valence electrons. The van der Waals surface area contributed by atoms with Gasteiger partial charge in [0, 0.05) is 6.54 Å². The smallest absolute Gasteiger partial charge is 0.226 e. The summed E-state index contributed by atoms with van der Waals surface area (Å²) >= 11 is 13.4. The molecular formula is C7H8Br4N4. The fourth-order valence-corrected chi connectivity index (χ4v) is 1.66. The monoisotopic (exact) mass is 464 g/mol. The first kappa shape index (κ1) is 13.8. The van der Waals surface area contributed by atoms with Crippen LogP contribution in [0.5, 0.6) is 0 Å². The van der Waals surface area contributed by atoms with Gasteiger partial charge >= 0.3 is 0 Å². The lowest BCUT2D eigenvalue weighted by Crippen LogP contribution is -2.09. The van der Waals surface area contributed by atoms with Crippen LogP contribution in [0, 0.1) is 0 Å². The van der Waals surface area contributed by atoms with Crippen LogP contribution in [-0.4, -0.2) is 21.5 Å². The van der Waals surface area contributed by atoms with E-state index in [1.54, 1.807) is 0 Å². The van der Waals surface area contributed by atoms with Crippen molar-refractivity contribution < 1.29 is 0 Å². The number of alkyl halides is 4. The Morgan fingerprint density at radius 3 is 1.80 bits per heavy atom. The summed E-state index contributed by atoms with van der Waals surface area (Å²) in [5, 5.41) is 3.05. The predicted molar refractivity (Wildman–Crippen MR) is 75.2 cm³/mol. The summed E-state index contributed by atoms with van der Waals surface area (Å²) in [6.07, 6.45) is 0. The molecule has 0 aromatic carbocycles. The fourth-order valence-electron chi connectivity index (χ4n) is 0.842. The standard InChI is InChI=1S/C7H8Br4N4/c1-2-12-7-14-5(3(8)9)13-6(15-7)4(10)11/h3-4H,2H2,1H3,(H,12,13,14,15). The number of nitrogens with one attached hydrogen (secondary N) is 1. The van der Waals surface area contributed by atoms with Crippen LogP contribution in [0.1, 0.15) is 26.0 Å². The van der Waals surface area contributed by atoms with Gasteiger partial charge in [-0.15, -0.1) is 0 Å². The summed E-state index contributed by atoms with van der Waals surface area (Å²) in [7, 11) is 0. The highest BCUT2D eigenvalue weighted by Gasteiger charge is 2.14. The van der Waals surface area contributed by atoms with E-state index in [2.05, 4.69) is 84.0 Å². The Balaban J connectivity index is 3.08. The molecule has 1 aromatic rings. The van der Waals surface area contributed by atoms with Crippen molar-refractivity contribution in [3.63, 3.8) is 0 Å². The second-order valence-corrected chi connectivity index (χ2v) is 8.63. The summed E-state index contributed by atoms with van der Waals surface area (Å²) in [5.74, 6) is 1.85. The summed E-state index contributed by atoms with van der Waals surface area (Å²) in [4.78, 5) is 12.7. The van der Waals surface area contributed by atoms with Crippen molar-refractivity contribution in [1.82, 2.24) is 15.0 Å². The molecule has 0 aliphatic carbocycles. The Bertz CT molecular complexity index is 305. The lowest BCUT2D eigenvalue weighted by atomic mass is 10.6. The van der Waals surface area contributed by atoms with Gasteiger partial charge in [-0.25, -0.2) is 4.98 Å². The van der Waals surface area contributed by atoms with Gasteiger partial charge in [-0.1, -0.05) is 63.7 Å². The summed E-state index contributed by atoms with van der Waals surface area (Å²) < 4.78 is -0.161. The SMILES string of the molecule is CCNc1nc(C(Br)Br)nc(C(Br)Br)n1. The van der Waals surface area contributed by atoms with Gasteiger partial charge in [-0.3, -0.25) is 0 Å². The van der Waals surface area contributed by atoms with Crippen LogP contribution in [0.4, 0.5) is 5.95 Å². The minimum atomic E-state index is -0.0806. The van der Waals surface area contributed by atoms with E-state index < -0.39 is 0 Å². The third-order valence-corrected chi connectivity index (χ3v) is 3.03. The van der Waals surface area contributed by atoms with Crippen molar-refractivity contribution in [3.05, 3.63) is 11.6 Å². The molecule has 1 rings (SSSR count). The third kappa shape index (κ3) is 4.24. The van der Waals surface area contributed by atoms with E-state index in [9.17, 15) is 0 Å². The van der Waals surface area contributed by atoms with Crippen LogP contribution in [0.2, 0.25) is 0 Å². The van der Waals surface area contributed by atoms with Crippen LogP contribution in [-0.2, 0) is 0 Å². The average Bonchev–Trinajstić information content (AvgIpc) is 2.17. The Morgan fingerprint density at radius 1 is 1.00 bits per heavy atom. The Kier molecular flexibility index (Phi) is 5.94. The molecule has 8 heteroatoms. The van der Waals surface area contributed by atoms with Gasteiger partial charge in [-0.2, -0.15) is 9.97 Å². The van der Waals surface area contributed by atoms with E-state index in [1.165, 1.54) is 0 Å². The normalized spacial score (nSPS) is 11.1. The second kappa shape index (κ2) is 6.46. The van der Waals surface area contributed by atoms with Gasteiger partial charge in [0.15, 0.2) is 11.6 Å². The van der Waals surface area contributed by atoms with Crippen LogP contribution in [0.25, 0.3) is 0 Å². The van der Waals surface area contributed by atoms with Gasteiger partial charge in [0.05, 0.1) is 0 Å². The summed E-state index contributed by atoms with van der Waals surface area (Å²) in [5.41, 5.74) is 0. The first-order valence-electron chi connectivity index (χ1n) is 4.10. The first-order valence-corrected chi connectivity index (χ1v) is 7.77. The molecule has 0 saturated heterocycles. The molecule has 0 atom stereocenters. The molecule has 0 spiro atoms. The largest absolute Gasteiger partial charge is 0.354 e. The first-order chi connectivity index (χ1) is 7.04. The number of aromatic nitrogens is 3. The highest BCUT2D eigenvalue weighted by atomic mass is 79.9. The van der Waals surface area contributed by atoms with Crippen molar-refractivity contribution in [3.8, 4) is 0 Å². The van der Waals surface area contributed by atoms with E-state index in [0.717, 1.165) is 6.54 Å². The molecule has 0 bridgehead atoms. The van der Waals surface area contributed by atoms with Gasteiger partial charge in [-0.05, 0) is 6.92 Å². The van der Waals surface area contributed by atoms with E-state index >= 15 is 0 Å².